The summed E-state index contributed by atoms with van der Waals surface area (Å²) < 4.78 is 28.9. The maximum absolute atomic E-state index is 13.7. The molecular weight excluding hydrogens is 648 g/mol. The fourth-order valence-corrected chi connectivity index (χ4v) is 5.87. The fourth-order valence-electron chi connectivity index (χ4n) is 5.28. The van der Waals surface area contributed by atoms with E-state index in [-0.39, 0.29) is 19.3 Å². The highest BCUT2D eigenvalue weighted by molar-refractivity contribution is 7.91. The molecular formula is C36H48N4O8S. The molecule has 0 saturated heterocycles. The van der Waals surface area contributed by atoms with Gasteiger partial charge >= 0.3 is 6.09 Å². The van der Waals surface area contributed by atoms with Crippen LogP contribution in [0, 0.1) is 5.41 Å². The van der Waals surface area contributed by atoms with Gasteiger partial charge in [0.15, 0.2) is 9.84 Å². The molecule has 0 spiro atoms. The molecule has 266 valence electrons. The van der Waals surface area contributed by atoms with Gasteiger partial charge in [-0.1, -0.05) is 81.4 Å². The molecule has 0 saturated carbocycles. The lowest BCUT2D eigenvalue weighted by molar-refractivity contribution is -0.131. The van der Waals surface area contributed by atoms with Gasteiger partial charge in [-0.15, -0.1) is 0 Å². The van der Waals surface area contributed by atoms with E-state index in [9.17, 15) is 33.0 Å². The number of aromatic nitrogens is 1. The van der Waals surface area contributed by atoms with Crippen LogP contribution >= 0.6 is 0 Å². The van der Waals surface area contributed by atoms with Gasteiger partial charge in [0.2, 0.25) is 5.91 Å². The summed E-state index contributed by atoms with van der Waals surface area (Å²) in [6.45, 7) is 6.62. The molecule has 0 bridgehead atoms. The lowest BCUT2D eigenvalue weighted by atomic mass is 9.85. The first-order chi connectivity index (χ1) is 23.0. The number of nitrogens with zero attached hydrogens (tertiary/aromatic N) is 1. The van der Waals surface area contributed by atoms with Crippen LogP contribution in [0.2, 0.25) is 0 Å². The number of nitrogens with one attached hydrogen (secondary N) is 3. The standard InChI is InChI=1S/C36H48N4O8S/c1-23(49(6,46)47)31(42)33(43)39-29(21-24-12-8-7-9-13-24)30(41)22-27(38-34(44)32(36(2,3)4)40-35(45)48-5)20-25-15-17-26(18-16-25)28-14-10-11-19-37-28/h7-19,23,27,29-32,41-42H,20-22H2,1-6H3,(H,38,44)(H,39,43)(H,40,45)/t23?,27-,29-,30-,31-,32+/m0/s1. The van der Waals surface area contributed by atoms with Crippen molar-refractivity contribution >= 4 is 27.7 Å². The molecule has 2 aromatic carbocycles. The number of amides is 3. The van der Waals surface area contributed by atoms with Crippen molar-refractivity contribution in [2.45, 2.75) is 82.5 Å². The molecule has 1 unspecified atom stereocenters. The van der Waals surface area contributed by atoms with Crippen molar-refractivity contribution in [3.8, 4) is 11.3 Å². The third-order valence-corrected chi connectivity index (χ3v) is 9.93. The van der Waals surface area contributed by atoms with E-state index in [4.69, 9.17) is 4.74 Å². The highest BCUT2D eigenvalue weighted by Gasteiger charge is 2.36. The number of methoxy groups -OCH3 is 1. The van der Waals surface area contributed by atoms with Gasteiger partial charge in [0.05, 0.1) is 30.2 Å². The second kappa shape index (κ2) is 17.4. The Kier molecular flexibility index (Phi) is 13.9. The lowest BCUT2D eigenvalue weighted by Crippen LogP contribution is -2.57. The summed E-state index contributed by atoms with van der Waals surface area (Å²) >= 11 is 0. The Bertz CT molecular complexity index is 1630. The first-order valence-electron chi connectivity index (χ1n) is 16.0. The monoisotopic (exact) mass is 696 g/mol. The summed E-state index contributed by atoms with van der Waals surface area (Å²) in [5, 5.41) is 29.1. The number of carbonyl (C=O) groups is 3. The van der Waals surface area contributed by atoms with E-state index in [0.29, 0.717) is 0 Å². The van der Waals surface area contributed by atoms with Crippen molar-refractivity contribution in [2.24, 2.45) is 5.41 Å². The average molecular weight is 697 g/mol. The number of benzene rings is 2. The first-order valence-corrected chi connectivity index (χ1v) is 18.0. The number of ether oxygens (including phenoxy) is 1. The number of sulfone groups is 1. The topological polar surface area (TPSA) is 184 Å². The van der Waals surface area contributed by atoms with Crippen LogP contribution in [-0.2, 0) is 37.0 Å². The number of aliphatic hydroxyl groups is 2. The quantitative estimate of drug-likeness (QED) is 0.160. The van der Waals surface area contributed by atoms with Gasteiger partial charge in [-0.05, 0) is 54.9 Å². The van der Waals surface area contributed by atoms with E-state index >= 15 is 0 Å². The van der Waals surface area contributed by atoms with Crippen molar-refractivity contribution < 1.29 is 37.8 Å². The van der Waals surface area contributed by atoms with Gasteiger partial charge < -0.3 is 30.9 Å². The van der Waals surface area contributed by atoms with Crippen LogP contribution < -0.4 is 16.0 Å². The molecule has 0 radical (unpaired) electrons. The smallest absolute Gasteiger partial charge is 0.407 e. The van der Waals surface area contributed by atoms with Gasteiger partial charge in [-0.3, -0.25) is 14.6 Å². The zero-order chi connectivity index (χ0) is 36.4. The normalized spacial score (nSPS) is 15.5. The Hall–Kier alpha value is -4.33. The van der Waals surface area contributed by atoms with Crippen LogP contribution in [-0.4, -0.2) is 90.5 Å². The molecule has 3 aromatic rings. The van der Waals surface area contributed by atoms with Gasteiger partial charge in [-0.25, -0.2) is 13.2 Å². The number of pyridine rings is 1. The van der Waals surface area contributed by atoms with E-state index < -0.39 is 68.7 Å². The largest absolute Gasteiger partial charge is 0.453 e. The van der Waals surface area contributed by atoms with Crippen molar-refractivity contribution in [1.82, 2.24) is 20.9 Å². The van der Waals surface area contributed by atoms with Crippen molar-refractivity contribution in [1.29, 1.82) is 0 Å². The minimum atomic E-state index is -3.74. The van der Waals surface area contributed by atoms with Crippen LogP contribution in [0.4, 0.5) is 4.79 Å². The summed E-state index contributed by atoms with van der Waals surface area (Å²) in [5.74, 6) is -1.44. The van der Waals surface area contributed by atoms with Crippen LogP contribution in [0.5, 0.6) is 0 Å². The van der Waals surface area contributed by atoms with Gasteiger partial charge in [0, 0.05) is 24.1 Å². The second-order valence-electron chi connectivity index (χ2n) is 13.3. The summed E-state index contributed by atoms with van der Waals surface area (Å²) in [6.07, 6.45) is -0.879. The summed E-state index contributed by atoms with van der Waals surface area (Å²) in [5.41, 5.74) is 2.60. The molecule has 49 heavy (non-hydrogen) atoms. The van der Waals surface area contributed by atoms with Crippen LogP contribution in [0.3, 0.4) is 0 Å². The van der Waals surface area contributed by atoms with Gasteiger partial charge in [0.25, 0.3) is 5.91 Å². The molecule has 6 atom stereocenters. The Balaban J connectivity index is 1.93. The molecule has 0 aliphatic rings. The Morgan fingerprint density at radius 3 is 2.00 bits per heavy atom. The molecule has 3 rings (SSSR count). The zero-order valence-corrected chi connectivity index (χ0v) is 29.6. The molecule has 0 aliphatic heterocycles. The number of aliphatic hydroxyl groups excluding tert-OH is 2. The molecule has 0 fully saturated rings. The average Bonchev–Trinajstić information content (AvgIpc) is 3.06. The van der Waals surface area contributed by atoms with E-state index in [1.165, 1.54) is 14.0 Å². The summed E-state index contributed by atoms with van der Waals surface area (Å²) in [6, 6.07) is 19.7. The maximum atomic E-state index is 13.7. The number of rotatable bonds is 15. The van der Waals surface area contributed by atoms with Gasteiger partial charge in [0.1, 0.15) is 12.1 Å². The third-order valence-electron chi connectivity index (χ3n) is 8.32. The predicted molar refractivity (Wildman–Crippen MR) is 187 cm³/mol. The molecule has 3 amide bonds. The van der Waals surface area contributed by atoms with E-state index in [0.717, 1.165) is 28.6 Å². The lowest BCUT2D eigenvalue weighted by Gasteiger charge is -2.33. The zero-order valence-electron chi connectivity index (χ0n) is 28.8. The van der Waals surface area contributed by atoms with Crippen LogP contribution in [0.15, 0.2) is 79.0 Å². The predicted octanol–water partition coefficient (Wildman–Crippen LogP) is 2.82. The minimum absolute atomic E-state index is 0.0433. The molecule has 12 nitrogen and oxygen atoms in total. The number of hydrogen-bond donors (Lipinski definition) is 5. The number of carbonyl (C=O) groups excluding carboxylic acids is 3. The number of hydrogen-bond acceptors (Lipinski definition) is 9. The summed E-state index contributed by atoms with van der Waals surface area (Å²) in [4.78, 5) is 43.4. The Morgan fingerprint density at radius 1 is 0.837 bits per heavy atom. The van der Waals surface area contributed by atoms with Crippen LogP contribution in [0.25, 0.3) is 11.3 Å². The van der Waals surface area contributed by atoms with E-state index in [1.54, 1.807) is 39.1 Å². The molecule has 0 aliphatic carbocycles. The maximum Gasteiger partial charge on any atom is 0.407 e. The molecule has 1 aromatic heterocycles. The SMILES string of the molecule is COC(=O)N[C@H](C(=O)N[C@@H](Cc1ccc(-c2ccccn2)cc1)C[C@H](O)[C@H](Cc1ccccc1)NC(=O)[C@@H](O)C(C)S(C)(=O)=O)C(C)(C)C. The highest BCUT2D eigenvalue weighted by atomic mass is 32.2. The van der Waals surface area contributed by atoms with Crippen molar-refractivity contribution in [2.75, 3.05) is 13.4 Å². The van der Waals surface area contributed by atoms with E-state index in [2.05, 4.69) is 20.9 Å². The molecule has 1 heterocycles. The van der Waals surface area contributed by atoms with Crippen molar-refractivity contribution in [3.63, 3.8) is 0 Å². The van der Waals surface area contributed by atoms with Gasteiger partial charge in [-0.2, -0.15) is 0 Å². The molecule has 5 N–H and O–H groups in total. The molecule has 13 heteroatoms. The fraction of sp³-hybridized carbons (Fsp3) is 0.444. The third kappa shape index (κ3) is 11.9. The second-order valence-corrected chi connectivity index (χ2v) is 15.7. The van der Waals surface area contributed by atoms with E-state index in [1.807, 2.05) is 60.7 Å². The van der Waals surface area contributed by atoms with Crippen LogP contribution in [0.1, 0.15) is 45.2 Å². The first kappa shape index (κ1) is 39.1. The minimum Gasteiger partial charge on any atom is -0.453 e. The number of alkyl carbamates (subject to hydrolysis) is 1. The van der Waals surface area contributed by atoms with Crippen molar-refractivity contribution in [3.05, 3.63) is 90.1 Å². The highest BCUT2D eigenvalue weighted by Crippen LogP contribution is 2.22. The Labute approximate surface area is 288 Å². The summed E-state index contributed by atoms with van der Waals surface area (Å²) in [7, 11) is -2.54. The Morgan fingerprint density at radius 2 is 1.45 bits per heavy atom.